The highest BCUT2D eigenvalue weighted by Gasteiger charge is 2.23. The Balaban J connectivity index is 1.51. The van der Waals surface area contributed by atoms with E-state index in [0.29, 0.717) is 11.6 Å². The molecule has 2 fully saturated rings. The maximum absolute atomic E-state index is 12.2. The van der Waals surface area contributed by atoms with Gasteiger partial charge in [0.2, 0.25) is 0 Å². The van der Waals surface area contributed by atoms with Crippen LogP contribution in [0.3, 0.4) is 0 Å². The van der Waals surface area contributed by atoms with Crippen LogP contribution in [0.4, 0.5) is 5.82 Å². The highest BCUT2D eigenvalue weighted by Crippen LogP contribution is 2.24. The maximum Gasteiger partial charge on any atom is 0.251 e. The number of amides is 1. The Morgan fingerprint density at radius 2 is 1.96 bits per heavy atom. The highest BCUT2D eigenvalue weighted by molar-refractivity contribution is 5.95. The van der Waals surface area contributed by atoms with Crippen molar-refractivity contribution in [3.8, 4) is 11.1 Å². The first-order valence-electron chi connectivity index (χ1n) is 8.50. The van der Waals surface area contributed by atoms with Crippen LogP contribution in [0.2, 0.25) is 0 Å². The molecule has 5 heteroatoms. The van der Waals surface area contributed by atoms with E-state index in [9.17, 15) is 4.79 Å². The SMILES string of the molecule is O=C(NC1CC1)c1cccc(-c2ccc(N3CCOCC3)nc2)c1. The van der Waals surface area contributed by atoms with Crippen LogP contribution < -0.4 is 10.2 Å². The summed E-state index contributed by atoms with van der Waals surface area (Å²) in [6.07, 6.45) is 4.07. The van der Waals surface area contributed by atoms with Gasteiger partial charge in [0.15, 0.2) is 0 Å². The first kappa shape index (κ1) is 15.1. The molecule has 0 unspecified atom stereocenters. The van der Waals surface area contributed by atoms with Crippen LogP contribution in [0.25, 0.3) is 11.1 Å². The molecule has 1 aliphatic carbocycles. The Labute approximate surface area is 141 Å². The second-order valence-electron chi connectivity index (χ2n) is 6.33. The second-order valence-corrected chi connectivity index (χ2v) is 6.33. The molecule has 1 aromatic carbocycles. The van der Waals surface area contributed by atoms with Gasteiger partial charge in [-0.15, -0.1) is 0 Å². The zero-order valence-electron chi connectivity index (χ0n) is 13.6. The normalized spacial score (nSPS) is 17.6. The summed E-state index contributed by atoms with van der Waals surface area (Å²) in [6.45, 7) is 3.26. The lowest BCUT2D eigenvalue weighted by Crippen LogP contribution is -2.36. The fourth-order valence-corrected chi connectivity index (χ4v) is 2.87. The van der Waals surface area contributed by atoms with Crippen molar-refractivity contribution in [1.29, 1.82) is 0 Å². The van der Waals surface area contributed by atoms with Crippen molar-refractivity contribution in [2.45, 2.75) is 18.9 Å². The summed E-state index contributed by atoms with van der Waals surface area (Å²) in [5.74, 6) is 0.988. The molecule has 24 heavy (non-hydrogen) atoms. The van der Waals surface area contributed by atoms with E-state index in [2.05, 4.69) is 21.3 Å². The second kappa shape index (κ2) is 6.61. The molecular weight excluding hydrogens is 302 g/mol. The standard InChI is InChI=1S/C19H21N3O2/c23-19(21-17-5-6-17)15-3-1-2-14(12-15)16-4-7-18(20-13-16)22-8-10-24-11-9-22/h1-4,7,12-13,17H,5-6,8-11H2,(H,21,23). The Kier molecular flexibility index (Phi) is 4.17. The monoisotopic (exact) mass is 323 g/mol. The smallest absolute Gasteiger partial charge is 0.251 e. The molecule has 1 amide bonds. The molecule has 2 aromatic rings. The number of carbonyl (C=O) groups is 1. The van der Waals surface area contributed by atoms with Crippen LogP contribution in [0.5, 0.6) is 0 Å². The molecule has 1 saturated carbocycles. The van der Waals surface area contributed by atoms with Gasteiger partial charge in [0.05, 0.1) is 13.2 Å². The molecule has 1 aliphatic heterocycles. The third kappa shape index (κ3) is 3.41. The number of anilines is 1. The molecule has 124 valence electrons. The number of hydrogen-bond acceptors (Lipinski definition) is 4. The molecule has 1 saturated heterocycles. The minimum absolute atomic E-state index is 0.0113. The van der Waals surface area contributed by atoms with Crippen molar-refractivity contribution < 1.29 is 9.53 Å². The number of hydrogen-bond donors (Lipinski definition) is 1. The largest absolute Gasteiger partial charge is 0.378 e. The van der Waals surface area contributed by atoms with Crippen LogP contribution in [0.15, 0.2) is 42.6 Å². The molecule has 4 rings (SSSR count). The highest BCUT2D eigenvalue weighted by atomic mass is 16.5. The van der Waals surface area contributed by atoms with Gasteiger partial charge in [-0.25, -0.2) is 4.98 Å². The van der Waals surface area contributed by atoms with E-state index in [4.69, 9.17) is 4.74 Å². The maximum atomic E-state index is 12.2. The number of aromatic nitrogens is 1. The van der Waals surface area contributed by atoms with E-state index in [0.717, 1.165) is 56.1 Å². The number of rotatable bonds is 4. The Morgan fingerprint density at radius 1 is 1.12 bits per heavy atom. The minimum Gasteiger partial charge on any atom is -0.378 e. The molecule has 2 heterocycles. The van der Waals surface area contributed by atoms with Gasteiger partial charge in [0, 0.05) is 36.5 Å². The van der Waals surface area contributed by atoms with Crippen molar-refractivity contribution in [2.75, 3.05) is 31.2 Å². The molecule has 0 bridgehead atoms. The molecule has 2 aliphatic rings. The summed E-state index contributed by atoms with van der Waals surface area (Å²) in [6, 6.07) is 12.2. The minimum atomic E-state index is 0.0113. The summed E-state index contributed by atoms with van der Waals surface area (Å²) in [7, 11) is 0. The van der Waals surface area contributed by atoms with Gasteiger partial charge in [-0.05, 0) is 42.7 Å². The number of morpholine rings is 1. The summed E-state index contributed by atoms with van der Waals surface area (Å²) in [4.78, 5) is 19.0. The number of pyridine rings is 1. The number of nitrogens with one attached hydrogen (secondary N) is 1. The van der Waals surface area contributed by atoms with Crippen molar-refractivity contribution in [3.63, 3.8) is 0 Å². The summed E-state index contributed by atoms with van der Waals surface area (Å²) < 4.78 is 5.37. The fraction of sp³-hybridized carbons (Fsp3) is 0.368. The van der Waals surface area contributed by atoms with E-state index in [-0.39, 0.29) is 5.91 Å². The van der Waals surface area contributed by atoms with Crippen molar-refractivity contribution in [1.82, 2.24) is 10.3 Å². The molecule has 5 nitrogen and oxygen atoms in total. The van der Waals surface area contributed by atoms with Gasteiger partial charge in [-0.1, -0.05) is 12.1 Å². The fourth-order valence-electron chi connectivity index (χ4n) is 2.87. The van der Waals surface area contributed by atoms with E-state index >= 15 is 0 Å². The van der Waals surface area contributed by atoms with Crippen molar-refractivity contribution >= 4 is 11.7 Å². The number of carbonyl (C=O) groups excluding carboxylic acids is 1. The molecule has 0 spiro atoms. The first-order valence-corrected chi connectivity index (χ1v) is 8.50. The van der Waals surface area contributed by atoms with Gasteiger partial charge >= 0.3 is 0 Å². The summed E-state index contributed by atoms with van der Waals surface area (Å²) in [5.41, 5.74) is 2.74. The van der Waals surface area contributed by atoms with E-state index in [1.54, 1.807) is 0 Å². The molecular formula is C19H21N3O2. The van der Waals surface area contributed by atoms with Crippen molar-refractivity contribution in [2.24, 2.45) is 0 Å². The molecule has 1 aromatic heterocycles. The average Bonchev–Trinajstić information content (AvgIpc) is 3.47. The first-order chi connectivity index (χ1) is 11.8. The Morgan fingerprint density at radius 3 is 2.67 bits per heavy atom. The zero-order chi connectivity index (χ0) is 16.4. The van der Waals surface area contributed by atoms with Crippen LogP contribution >= 0.6 is 0 Å². The van der Waals surface area contributed by atoms with Gasteiger partial charge in [-0.3, -0.25) is 4.79 Å². The van der Waals surface area contributed by atoms with Gasteiger partial charge in [0.25, 0.3) is 5.91 Å². The predicted octanol–water partition coefficient (Wildman–Crippen LogP) is 2.48. The topological polar surface area (TPSA) is 54.5 Å². The van der Waals surface area contributed by atoms with Crippen LogP contribution in [0.1, 0.15) is 23.2 Å². The van der Waals surface area contributed by atoms with E-state index in [1.165, 1.54) is 0 Å². The van der Waals surface area contributed by atoms with Gasteiger partial charge in [-0.2, -0.15) is 0 Å². The average molecular weight is 323 g/mol. The summed E-state index contributed by atoms with van der Waals surface area (Å²) >= 11 is 0. The van der Waals surface area contributed by atoms with Crippen LogP contribution in [-0.4, -0.2) is 43.2 Å². The number of nitrogens with zero attached hydrogens (tertiary/aromatic N) is 2. The lowest BCUT2D eigenvalue weighted by atomic mass is 10.0. The molecule has 1 N–H and O–H groups in total. The van der Waals surface area contributed by atoms with E-state index in [1.807, 2.05) is 36.5 Å². The number of benzene rings is 1. The Bertz CT molecular complexity index is 720. The quantitative estimate of drug-likeness (QED) is 0.939. The number of ether oxygens (including phenoxy) is 1. The zero-order valence-corrected chi connectivity index (χ0v) is 13.6. The van der Waals surface area contributed by atoms with Gasteiger partial charge in [0.1, 0.15) is 5.82 Å². The van der Waals surface area contributed by atoms with Crippen LogP contribution in [0, 0.1) is 0 Å². The summed E-state index contributed by atoms with van der Waals surface area (Å²) in [5, 5.41) is 3.03. The molecule has 0 radical (unpaired) electrons. The van der Waals surface area contributed by atoms with Crippen molar-refractivity contribution in [3.05, 3.63) is 48.2 Å². The van der Waals surface area contributed by atoms with Crippen LogP contribution in [-0.2, 0) is 4.74 Å². The molecule has 0 atom stereocenters. The van der Waals surface area contributed by atoms with Gasteiger partial charge < -0.3 is 15.0 Å². The third-order valence-corrected chi connectivity index (χ3v) is 4.45. The lowest BCUT2D eigenvalue weighted by molar-refractivity contribution is 0.0951. The Hall–Kier alpha value is -2.40. The van der Waals surface area contributed by atoms with E-state index < -0.39 is 0 Å². The third-order valence-electron chi connectivity index (χ3n) is 4.45. The predicted molar refractivity (Wildman–Crippen MR) is 93.2 cm³/mol. The lowest BCUT2D eigenvalue weighted by Gasteiger charge is -2.27.